The van der Waals surface area contributed by atoms with E-state index in [4.69, 9.17) is 93.6 Å². The molecular formula is C76H89F18N19O18S6Tb2. The molecule has 0 unspecified atom stereocenters. The minimum atomic E-state index is -6.09. The van der Waals surface area contributed by atoms with Crippen molar-refractivity contribution in [1.82, 2.24) is 79.1 Å². The van der Waals surface area contributed by atoms with Crippen LogP contribution in [-0.4, -0.2) is 295 Å². The van der Waals surface area contributed by atoms with Crippen molar-refractivity contribution in [2.45, 2.75) is 106 Å². The van der Waals surface area contributed by atoms with Gasteiger partial charge in [-0.1, -0.05) is 48.5 Å². The van der Waals surface area contributed by atoms with Crippen LogP contribution in [0.25, 0.3) is 0 Å². The van der Waals surface area contributed by atoms with Crippen molar-refractivity contribution in [3.8, 4) is 18.2 Å². The number of halogens is 18. The van der Waals surface area contributed by atoms with Crippen LogP contribution < -0.4 is 0 Å². The number of nitrogens with zero attached hydrogens (tertiary/aromatic N) is 19. The molecule has 0 spiro atoms. The molecule has 0 saturated carbocycles. The predicted molar refractivity (Wildman–Crippen MR) is 444 cm³/mol. The third-order valence-corrected chi connectivity index (χ3v) is 19.9. The Morgan fingerprint density at radius 2 is 0.295 bits per heavy atom. The molecule has 2 aliphatic rings. The Hall–Kier alpha value is -7.88. The smallest absolute Gasteiger partial charge is 0.741 e. The van der Waals surface area contributed by atoms with E-state index >= 15 is 0 Å². The Kier molecular flexibility index (Phi) is 65.8. The number of aromatic nitrogens is 8. The molecule has 63 heteroatoms. The summed E-state index contributed by atoms with van der Waals surface area (Å²) in [4.78, 5) is 57.4. The average molecular weight is 2410 g/mol. The second-order valence-electron chi connectivity index (χ2n) is 26.8. The summed E-state index contributed by atoms with van der Waals surface area (Å²) in [7, 11) is -36.5. The molecule has 2 fully saturated rings. The number of hydrogen-bond acceptors (Lipinski definition) is 37. The quantitative estimate of drug-likeness (QED) is 0.0494. The van der Waals surface area contributed by atoms with Crippen LogP contribution in [0.3, 0.4) is 0 Å². The zero-order valence-electron chi connectivity index (χ0n) is 72.7. The van der Waals surface area contributed by atoms with Crippen LogP contribution in [0.4, 0.5) is 79.0 Å². The second-order valence-corrected chi connectivity index (χ2v) is 35.1. The molecule has 776 valence electrons. The van der Waals surface area contributed by atoms with Gasteiger partial charge in [-0.25, -0.2) is 50.5 Å². The maximum atomic E-state index is 10.7. The van der Waals surface area contributed by atoms with Crippen LogP contribution >= 0.6 is 0 Å². The fraction of sp³-hybridized carbons (Fsp3) is 0.434. The SMILES string of the molecule is CC#N.CC#N.CC#N.O=S(=O)([O-])C(F)(F)F.O=S(=O)([O-])C(F)(F)F.O=S(=O)([O-])C(F)(F)F.O=S(=O)([O-])C(F)(F)F.O=S(=O)([O-])C(F)(F)F.O=S(=O)([O-])C(F)(F)F.[Tb+3].[Tb+3].c1ccc(CN2CCN(Cc3ccccn3)CCN(Cc3ccccn3)CCN(Cc3ccccn3)CC2)nc1.c1ccc(CN2CCN(Cc3ccccn3)CCN(Cc3ccccn3)CCN(Cc3ccccn3)CC2)nc1. The molecule has 8 aromatic rings. The van der Waals surface area contributed by atoms with Crippen LogP contribution in [-0.2, 0) is 113 Å². The summed E-state index contributed by atoms with van der Waals surface area (Å²) < 4.78 is 353. The van der Waals surface area contributed by atoms with Gasteiger partial charge in [0.15, 0.2) is 60.7 Å². The second kappa shape index (κ2) is 67.6. The largest absolute Gasteiger partial charge is 3.00 e. The summed E-state index contributed by atoms with van der Waals surface area (Å²) in [6.07, 6.45) is 15.1. The van der Waals surface area contributed by atoms with Crippen LogP contribution in [0.1, 0.15) is 66.3 Å². The Morgan fingerprint density at radius 1 is 0.223 bits per heavy atom. The van der Waals surface area contributed by atoms with E-state index in [9.17, 15) is 79.0 Å². The summed E-state index contributed by atoms with van der Waals surface area (Å²) in [5.74, 6) is 0. The molecule has 8 aromatic heterocycles. The van der Waals surface area contributed by atoms with Crippen LogP contribution in [0.15, 0.2) is 195 Å². The van der Waals surface area contributed by atoms with Gasteiger partial charge in [-0.05, 0) is 97.1 Å². The first-order valence-corrected chi connectivity index (χ1v) is 46.8. The van der Waals surface area contributed by atoms with Gasteiger partial charge in [-0.2, -0.15) is 94.8 Å². The molecule has 0 bridgehead atoms. The molecule has 0 aromatic carbocycles. The first-order valence-electron chi connectivity index (χ1n) is 38.4. The summed E-state index contributed by atoms with van der Waals surface area (Å²) in [5.41, 5.74) is -25.0. The normalized spacial score (nSPS) is 14.9. The van der Waals surface area contributed by atoms with Gasteiger partial charge >= 0.3 is 110 Å². The molecule has 2 saturated heterocycles. The van der Waals surface area contributed by atoms with Gasteiger partial charge < -0.3 is 27.3 Å². The molecule has 0 atom stereocenters. The van der Waals surface area contributed by atoms with Crippen LogP contribution in [0.2, 0.25) is 0 Å². The number of rotatable bonds is 16. The first-order chi connectivity index (χ1) is 63.3. The van der Waals surface area contributed by atoms with E-state index in [-0.39, 0.29) is 77.2 Å². The molecule has 10 heterocycles. The number of nitriles is 3. The van der Waals surface area contributed by atoms with Crippen molar-refractivity contribution < 1.29 is 234 Å². The van der Waals surface area contributed by atoms with Crippen molar-refractivity contribution >= 4 is 60.7 Å². The van der Waals surface area contributed by atoms with E-state index in [2.05, 4.69) is 176 Å². The molecule has 0 N–H and O–H groups in total. The van der Waals surface area contributed by atoms with Crippen molar-refractivity contribution in [2.24, 2.45) is 0 Å². The van der Waals surface area contributed by atoms with Crippen molar-refractivity contribution in [3.63, 3.8) is 0 Å². The van der Waals surface area contributed by atoms with Crippen molar-refractivity contribution in [1.29, 1.82) is 15.8 Å². The standard InChI is InChI=1S/2C32H40N8.3C2H3N.6CHF3O3S.2Tb/c2*1-5-13-33-29(9-1)25-37-17-19-38(26-30-10-2-6-14-34-30)21-23-40(28-32-12-4-8-16-36-32)24-22-39(20-18-37)27-31-11-3-7-15-35-31;3*1-2-3;6*2-1(3,4)8(5,6)7;;/h2*1-16H,17-28H2;3*1H3;6*(H,5,6,7);;/q;;;;;;;;;;;2*+3/p-6. The zero-order chi connectivity index (χ0) is 105. The number of pyridine rings is 8. The fourth-order valence-corrected chi connectivity index (χ4v) is 10.2. The van der Waals surface area contributed by atoms with E-state index in [0.717, 1.165) is 203 Å². The van der Waals surface area contributed by atoms with Gasteiger partial charge in [0.25, 0.3) is 0 Å². The number of hydrogen-bond donors (Lipinski definition) is 0. The monoisotopic (exact) mass is 2410 g/mol. The van der Waals surface area contributed by atoms with E-state index in [1.807, 2.05) is 98.1 Å². The van der Waals surface area contributed by atoms with Crippen LogP contribution in [0, 0.1) is 111 Å². The zero-order valence-corrected chi connectivity index (χ0v) is 81.9. The third kappa shape index (κ3) is 64.4. The predicted octanol–water partition coefficient (Wildman–Crippen LogP) is 9.08. The Morgan fingerprint density at radius 3 is 0.345 bits per heavy atom. The van der Waals surface area contributed by atoms with Gasteiger partial charge in [-0.15, -0.1) is 0 Å². The average Bonchev–Trinajstić information content (AvgIpc) is 0.897. The summed E-state index contributed by atoms with van der Waals surface area (Å²) >= 11 is 0. The fourth-order valence-electron chi connectivity index (χ4n) is 10.2. The molecule has 10 rings (SSSR count). The van der Waals surface area contributed by atoms with E-state index in [1.54, 1.807) is 18.2 Å². The first kappa shape index (κ1) is 135. The van der Waals surface area contributed by atoms with Crippen LogP contribution in [0.5, 0.6) is 0 Å². The molecule has 0 aliphatic carbocycles. The Bertz CT molecular complexity index is 4570. The van der Waals surface area contributed by atoms with Gasteiger partial charge in [0.05, 0.1) is 63.8 Å². The Balaban J connectivity index is -0.00000170. The molecule has 0 amide bonds. The maximum Gasteiger partial charge on any atom is 3.00 e. The van der Waals surface area contributed by atoms with E-state index in [1.165, 1.54) is 20.8 Å². The summed E-state index contributed by atoms with van der Waals surface area (Å²) in [6.45, 7) is 26.7. The Labute approximate surface area is 852 Å². The maximum absolute atomic E-state index is 10.7. The van der Waals surface area contributed by atoms with Crippen molar-refractivity contribution in [2.75, 3.05) is 105 Å². The van der Waals surface area contributed by atoms with Crippen molar-refractivity contribution in [3.05, 3.63) is 241 Å². The van der Waals surface area contributed by atoms with Gasteiger partial charge in [0.2, 0.25) is 0 Å². The number of alkyl halides is 18. The minimum Gasteiger partial charge on any atom is -0.741 e. The molecular weight excluding hydrogens is 2320 g/mol. The van der Waals surface area contributed by atoms with E-state index < -0.39 is 93.8 Å². The topological polar surface area (TPSA) is 544 Å². The molecule has 2 aliphatic heterocycles. The van der Waals surface area contributed by atoms with Gasteiger partial charge in [0, 0.05) is 227 Å². The van der Waals surface area contributed by atoms with Gasteiger partial charge in [-0.3, -0.25) is 79.1 Å². The van der Waals surface area contributed by atoms with E-state index in [0.29, 0.717) is 0 Å². The molecule has 37 nitrogen and oxygen atoms in total. The van der Waals surface area contributed by atoms with Gasteiger partial charge in [0.1, 0.15) is 0 Å². The molecule has 0 radical (unpaired) electrons. The summed E-state index contributed by atoms with van der Waals surface area (Å²) in [6, 6.07) is 54.8. The summed E-state index contributed by atoms with van der Waals surface area (Å²) in [5, 5.41) is 22.0. The third-order valence-electron chi connectivity index (χ3n) is 16.5. The minimum absolute atomic E-state index is 0. The molecule has 139 heavy (non-hydrogen) atoms.